The number of aliphatic hydroxyl groups excluding tert-OH is 1. The van der Waals surface area contributed by atoms with Crippen LogP contribution in [0.5, 0.6) is 0 Å². The summed E-state index contributed by atoms with van der Waals surface area (Å²) in [4.78, 5) is 33.5. The van der Waals surface area contributed by atoms with Gasteiger partial charge in [-0.15, -0.1) is 0 Å². The fourth-order valence-corrected chi connectivity index (χ4v) is 5.51. The van der Waals surface area contributed by atoms with Crippen molar-refractivity contribution in [3.63, 3.8) is 0 Å². The van der Waals surface area contributed by atoms with Crippen molar-refractivity contribution in [2.24, 2.45) is 0 Å². The van der Waals surface area contributed by atoms with Gasteiger partial charge in [-0.3, -0.25) is 4.79 Å². The maximum atomic E-state index is 14.5. The van der Waals surface area contributed by atoms with Gasteiger partial charge in [0.2, 0.25) is 0 Å². The first-order valence-corrected chi connectivity index (χ1v) is 12.4. The Morgan fingerprint density at radius 3 is 2.62 bits per heavy atom. The van der Waals surface area contributed by atoms with E-state index in [4.69, 9.17) is 0 Å². The molecule has 0 radical (unpaired) electrons. The Kier molecular flexibility index (Phi) is 6.63. The lowest BCUT2D eigenvalue weighted by atomic mass is 9.80. The van der Waals surface area contributed by atoms with Crippen molar-refractivity contribution in [3.8, 4) is 0 Å². The molecule has 1 atom stereocenters. The molecule has 8 nitrogen and oxygen atoms in total. The number of nitrogens with zero attached hydrogens (tertiary/aromatic N) is 4. The van der Waals surface area contributed by atoms with Crippen LogP contribution in [0.2, 0.25) is 0 Å². The Bertz CT molecular complexity index is 1330. The van der Waals surface area contributed by atoms with Crippen molar-refractivity contribution in [1.82, 2.24) is 19.2 Å². The summed E-state index contributed by atoms with van der Waals surface area (Å²) in [5.74, 6) is -0.839. The number of β-amino-alcohol motifs (C(OH)–C–C–N with tert-alkyl or cyclic N) is 1. The molecule has 2 aliphatic rings. The zero-order valence-electron chi connectivity index (χ0n) is 19.8. The number of hydrogen-bond donors (Lipinski definition) is 2. The van der Waals surface area contributed by atoms with E-state index in [2.05, 4.69) is 14.7 Å². The zero-order valence-corrected chi connectivity index (χ0v) is 20.6. The van der Waals surface area contributed by atoms with Gasteiger partial charge in [-0.2, -0.15) is 4.37 Å². The number of nitrogens with one attached hydrogen (secondary N) is 1. The second kappa shape index (κ2) is 9.75. The highest BCUT2D eigenvalue weighted by Gasteiger charge is 2.45. The van der Waals surface area contributed by atoms with E-state index in [1.807, 2.05) is 6.07 Å². The molecule has 2 saturated heterocycles. The number of aromatic nitrogens is 2. The van der Waals surface area contributed by atoms with Gasteiger partial charge in [-0.25, -0.2) is 22.9 Å². The van der Waals surface area contributed by atoms with Crippen molar-refractivity contribution >= 4 is 29.2 Å². The van der Waals surface area contributed by atoms with Gasteiger partial charge in [0.25, 0.3) is 12.3 Å². The fourth-order valence-electron chi connectivity index (χ4n) is 4.76. The highest BCUT2D eigenvalue weighted by molar-refractivity contribution is 7.05. The molecule has 3 aromatic rings. The Morgan fingerprint density at radius 2 is 1.97 bits per heavy atom. The molecule has 3 amide bonds. The average Bonchev–Trinajstić information content (AvgIpc) is 3.54. The van der Waals surface area contributed by atoms with Gasteiger partial charge in [-0.05, 0) is 54.2 Å². The van der Waals surface area contributed by atoms with Gasteiger partial charge in [0, 0.05) is 31.7 Å². The number of carbonyl (C=O) groups excluding carboxylic acids is 2. The van der Waals surface area contributed by atoms with Crippen LogP contribution in [0.25, 0.3) is 0 Å². The van der Waals surface area contributed by atoms with Crippen molar-refractivity contribution in [1.29, 1.82) is 0 Å². The van der Waals surface area contributed by atoms with Gasteiger partial charge >= 0.3 is 6.03 Å². The molecule has 0 aliphatic carbocycles. The lowest BCUT2D eigenvalue weighted by molar-refractivity contribution is 0.00595. The Balaban J connectivity index is 1.42. The minimum absolute atomic E-state index is 0.0380. The standard InChI is InChI=1S/C25H24F3N5O3S/c1-14-2-4-16(9-19(14)26)25(23-29-13-30-37-23)6-7-32(12-25)24(36)31-20-8-15(21(27)28)3-5-18(20)22(35)33-10-17(34)11-33/h2-5,8-9,13,17,21,34H,6-7,10-12H2,1H3,(H,31,36)/t25-/m1/s1. The third kappa shape index (κ3) is 4.66. The van der Waals surface area contributed by atoms with Crippen molar-refractivity contribution in [3.05, 3.63) is 75.8 Å². The Labute approximate surface area is 214 Å². The van der Waals surface area contributed by atoms with Crippen molar-refractivity contribution < 1.29 is 27.9 Å². The number of urea groups is 1. The van der Waals surface area contributed by atoms with Crippen LogP contribution in [0, 0.1) is 12.7 Å². The van der Waals surface area contributed by atoms with Gasteiger partial charge < -0.3 is 20.2 Å². The number of likely N-dealkylation sites (tertiary alicyclic amines) is 2. The van der Waals surface area contributed by atoms with E-state index >= 15 is 0 Å². The quantitative estimate of drug-likeness (QED) is 0.519. The SMILES string of the molecule is Cc1ccc([C@@]2(c3ncns3)CCN(C(=O)Nc3cc(C(F)F)ccc3C(=O)N3CC(O)C3)C2)cc1F. The molecule has 3 heterocycles. The summed E-state index contributed by atoms with van der Waals surface area (Å²) in [6, 6.07) is 7.85. The minimum Gasteiger partial charge on any atom is -0.389 e. The molecule has 37 heavy (non-hydrogen) atoms. The first kappa shape index (κ1) is 25.2. The summed E-state index contributed by atoms with van der Waals surface area (Å²) in [5.41, 5.74) is 0.0489. The number of benzene rings is 2. The number of anilines is 1. The predicted molar refractivity (Wildman–Crippen MR) is 130 cm³/mol. The second-order valence-corrected chi connectivity index (χ2v) is 10.1. The number of alkyl halides is 2. The highest BCUT2D eigenvalue weighted by Crippen LogP contribution is 2.42. The third-order valence-electron chi connectivity index (χ3n) is 6.97. The molecule has 5 rings (SSSR count). The molecule has 1 aromatic heterocycles. The largest absolute Gasteiger partial charge is 0.389 e. The number of carbonyl (C=O) groups is 2. The summed E-state index contributed by atoms with van der Waals surface area (Å²) in [6.07, 6.45) is -1.56. The van der Waals surface area contributed by atoms with Crippen LogP contribution < -0.4 is 5.32 Å². The van der Waals surface area contributed by atoms with Gasteiger partial charge in [0.1, 0.15) is 17.2 Å². The molecule has 2 aromatic carbocycles. The molecule has 2 N–H and O–H groups in total. The first-order valence-electron chi connectivity index (χ1n) is 11.7. The summed E-state index contributed by atoms with van der Waals surface area (Å²) >= 11 is 1.17. The molecule has 2 aliphatic heterocycles. The number of aliphatic hydroxyl groups is 1. The van der Waals surface area contributed by atoms with Crippen LogP contribution in [0.1, 0.15) is 44.9 Å². The minimum atomic E-state index is -2.79. The molecule has 12 heteroatoms. The normalized spacial score (nSPS) is 19.8. The van der Waals surface area contributed by atoms with E-state index in [9.17, 15) is 27.9 Å². The van der Waals surface area contributed by atoms with Crippen LogP contribution in [0.3, 0.4) is 0 Å². The molecule has 0 bridgehead atoms. The van der Waals surface area contributed by atoms with E-state index in [1.54, 1.807) is 13.0 Å². The number of hydrogen-bond acceptors (Lipinski definition) is 6. The Hall–Kier alpha value is -3.51. The Morgan fingerprint density at radius 1 is 1.19 bits per heavy atom. The summed E-state index contributed by atoms with van der Waals surface area (Å²) in [6.45, 7) is 2.38. The average molecular weight is 532 g/mol. The first-order chi connectivity index (χ1) is 17.7. The lowest BCUT2D eigenvalue weighted by Gasteiger charge is -2.36. The molecule has 0 spiro atoms. The third-order valence-corrected chi connectivity index (χ3v) is 7.84. The van der Waals surface area contributed by atoms with Gasteiger partial charge in [0.15, 0.2) is 0 Å². The fraction of sp³-hybridized carbons (Fsp3) is 0.360. The van der Waals surface area contributed by atoms with Crippen LogP contribution in [-0.4, -0.2) is 68.5 Å². The highest BCUT2D eigenvalue weighted by atomic mass is 32.1. The molecule has 194 valence electrons. The smallest absolute Gasteiger partial charge is 0.321 e. The molecular formula is C25H24F3N5O3S. The maximum absolute atomic E-state index is 14.5. The molecule has 2 fully saturated rings. The van der Waals surface area contributed by atoms with E-state index in [0.717, 1.165) is 12.1 Å². The summed E-state index contributed by atoms with van der Waals surface area (Å²) < 4.78 is 45.4. The van der Waals surface area contributed by atoms with E-state index in [0.29, 0.717) is 22.6 Å². The number of halogens is 3. The van der Waals surface area contributed by atoms with Crippen LogP contribution in [0.15, 0.2) is 42.7 Å². The topological polar surface area (TPSA) is 98.7 Å². The molecular weight excluding hydrogens is 507 g/mol. The predicted octanol–water partition coefficient (Wildman–Crippen LogP) is 3.96. The number of amides is 3. The zero-order chi connectivity index (χ0) is 26.3. The van der Waals surface area contributed by atoms with Crippen molar-refractivity contribution in [2.75, 3.05) is 31.5 Å². The van der Waals surface area contributed by atoms with Crippen LogP contribution in [-0.2, 0) is 5.41 Å². The molecule has 0 unspecified atom stereocenters. The van der Waals surface area contributed by atoms with Crippen LogP contribution in [0.4, 0.5) is 23.7 Å². The van der Waals surface area contributed by atoms with E-state index < -0.39 is 29.9 Å². The van der Waals surface area contributed by atoms with Gasteiger partial charge in [-0.1, -0.05) is 18.2 Å². The second-order valence-electron chi connectivity index (χ2n) is 9.36. The van der Waals surface area contributed by atoms with E-state index in [1.165, 1.54) is 39.8 Å². The summed E-state index contributed by atoms with van der Waals surface area (Å²) in [7, 11) is 0. The maximum Gasteiger partial charge on any atom is 0.321 e. The number of rotatable bonds is 5. The molecule has 0 saturated carbocycles. The number of aryl methyl sites for hydroxylation is 1. The summed E-state index contributed by atoms with van der Waals surface area (Å²) in [5, 5.41) is 12.8. The van der Waals surface area contributed by atoms with Crippen LogP contribution >= 0.6 is 11.5 Å². The lowest BCUT2D eigenvalue weighted by Crippen LogP contribution is -2.53. The van der Waals surface area contributed by atoms with Crippen molar-refractivity contribution in [2.45, 2.75) is 31.3 Å². The monoisotopic (exact) mass is 531 g/mol. The van der Waals surface area contributed by atoms with E-state index in [-0.39, 0.29) is 48.8 Å². The van der Waals surface area contributed by atoms with Gasteiger partial charge in [0.05, 0.1) is 22.8 Å².